The van der Waals surface area contributed by atoms with Crippen molar-refractivity contribution in [3.05, 3.63) is 71.9 Å². The Morgan fingerprint density at radius 1 is 1.00 bits per heavy atom. The van der Waals surface area contributed by atoms with Crippen LogP contribution in [0.25, 0.3) is 10.9 Å². The maximum absolute atomic E-state index is 12.7. The standard InChI is InChI=1S/C20H18N2O4/c1-2-22(20(25)26)19(24)18(23)16-13-21(12-14-8-4-3-5-9-14)17-11-7-6-10-15(16)17/h3-11,13H,2,12H2,1H3,(H,25,26). The van der Waals surface area contributed by atoms with Crippen LogP contribution in [0.15, 0.2) is 60.8 Å². The number of fused-ring (bicyclic) bond motifs is 1. The van der Waals surface area contributed by atoms with Crippen molar-refractivity contribution in [1.29, 1.82) is 0 Å². The number of amides is 2. The van der Waals surface area contributed by atoms with Crippen molar-refractivity contribution in [2.24, 2.45) is 0 Å². The first-order valence-electron chi connectivity index (χ1n) is 8.23. The van der Waals surface area contributed by atoms with Gasteiger partial charge in [-0.2, -0.15) is 0 Å². The number of carbonyl (C=O) groups is 3. The van der Waals surface area contributed by atoms with Crippen LogP contribution in [0.3, 0.4) is 0 Å². The third-order valence-electron chi connectivity index (χ3n) is 4.22. The molecule has 0 saturated heterocycles. The third kappa shape index (κ3) is 3.21. The Labute approximate surface area is 150 Å². The summed E-state index contributed by atoms with van der Waals surface area (Å²) in [6, 6.07) is 17.0. The number of carboxylic acid groups (broad SMARTS) is 1. The summed E-state index contributed by atoms with van der Waals surface area (Å²) in [7, 11) is 0. The van der Waals surface area contributed by atoms with E-state index in [0.717, 1.165) is 11.1 Å². The topological polar surface area (TPSA) is 79.6 Å². The van der Waals surface area contributed by atoms with E-state index < -0.39 is 17.8 Å². The zero-order valence-corrected chi connectivity index (χ0v) is 14.3. The van der Waals surface area contributed by atoms with E-state index in [1.54, 1.807) is 18.3 Å². The average molecular weight is 350 g/mol. The number of likely N-dealkylation sites (N-methyl/N-ethyl adjacent to an activating group) is 1. The molecule has 0 aliphatic rings. The number of carbonyl (C=O) groups excluding carboxylic acids is 2. The van der Waals surface area contributed by atoms with Gasteiger partial charge < -0.3 is 9.67 Å². The van der Waals surface area contributed by atoms with Gasteiger partial charge in [0.1, 0.15) is 0 Å². The molecule has 3 aromatic rings. The predicted molar refractivity (Wildman–Crippen MR) is 97.2 cm³/mol. The number of nitrogens with zero attached hydrogens (tertiary/aromatic N) is 2. The van der Waals surface area contributed by atoms with Crippen LogP contribution in [0.5, 0.6) is 0 Å². The second-order valence-corrected chi connectivity index (χ2v) is 5.83. The normalized spacial score (nSPS) is 10.7. The SMILES string of the molecule is CCN(C(=O)O)C(=O)C(=O)c1cn(Cc2ccccc2)c2ccccc12. The molecule has 0 unspecified atom stereocenters. The Hall–Kier alpha value is -3.41. The van der Waals surface area contributed by atoms with Crippen molar-refractivity contribution in [2.75, 3.05) is 6.54 Å². The Morgan fingerprint density at radius 2 is 1.65 bits per heavy atom. The van der Waals surface area contributed by atoms with Gasteiger partial charge in [-0.25, -0.2) is 9.69 Å². The van der Waals surface area contributed by atoms with E-state index in [9.17, 15) is 14.4 Å². The van der Waals surface area contributed by atoms with Crippen molar-refractivity contribution in [2.45, 2.75) is 13.5 Å². The first-order chi connectivity index (χ1) is 12.5. The molecule has 2 amide bonds. The summed E-state index contributed by atoms with van der Waals surface area (Å²) in [5.41, 5.74) is 2.08. The number of ketones is 1. The minimum Gasteiger partial charge on any atom is -0.465 e. The van der Waals surface area contributed by atoms with Gasteiger partial charge >= 0.3 is 12.0 Å². The second kappa shape index (κ2) is 7.23. The van der Waals surface area contributed by atoms with E-state index in [4.69, 9.17) is 5.11 Å². The van der Waals surface area contributed by atoms with E-state index >= 15 is 0 Å². The largest absolute Gasteiger partial charge is 0.465 e. The fraction of sp³-hybridized carbons (Fsp3) is 0.150. The van der Waals surface area contributed by atoms with Crippen molar-refractivity contribution in [3.8, 4) is 0 Å². The average Bonchev–Trinajstić information content (AvgIpc) is 3.01. The molecular weight excluding hydrogens is 332 g/mol. The lowest BCUT2D eigenvalue weighted by Gasteiger charge is -2.13. The molecule has 0 atom stereocenters. The molecule has 132 valence electrons. The molecule has 6 nitrogen and oxygen atoms in total. The van der Waals surface area contributed by atoms with Crippen LogP contribution >= 0.6 is 0 Å². The van der Waals surface area contributed by atoms with Crippen molar-refractivity contribution >= 4 is 28.7 Å². The first-order valence-corrected chi connectivity index (χ1v) is 8.23. The lowest BCUT2D eigenvalue weighted by Crippen LogP contribution is -2.40. The van der Waals surface area contributed by atoms with Gasteiger partial charge in [-0.05, 0) is 18.6 Å². The zero-order chi connectivity index (χ0) is 18.7. The highest BCUT2D eigenvalue weighted by molar-refractivity contribution is 6.46. The number of aromatic nitrogens is 1. The van der Waals surface area contributed by atoms with E-state index in [1.807, 2.05) is 47.0 Å². The molecule has 1 heterocycles. The summed E-state index contributed by atoms with van der Waals surface area (Å²) < 4.78 is 1.89. The minimum absolute atomic E-state index is 0.0808. The molecule has 0 saturated carbocycles. The summed E-state index contributed by atoms with van der Waals surface area (Å²) in [5, 5.41) is 9.73. The monoisotopic (exact) mass is 350 g/mol. The number of imide groups is 1. The van der Waals surface area contributed by atoms with Gasteiger partial charge in [0.15, 0.2) is 0 Å². The summed E-state index contributed by atoms with van der Waals surface area (Å²) in [6.45, 7) is 1.97. The fourth-order valence-electron chi connectivity index (χ4n) is 2.94. The highest BCUT2D eigenvalue weighted by atomic mass is 16.4. The maximum Gasteiger partial charge on any atom is 0.414 e. The lowest BCUT2D eigenvalue weighted by atomic mass is 10.1. The molecule has 6 heteroatoms. The van der Waals surface area contributed by atoms with Gasteiger partial charge in [0, 0.05) is 30.2 Å². The molecule has 2 aromatic carbocycles. The highest BCUT2D eigenvalue weighted by Gasteiger charge is 2.29. The Balaban J connectivity index is 2.03. The Morgan fingerprint density at radius 3 is 2.31 bits per heavy atom. The summed E-state index contributed by atoms with van der Waals surface area (Å²) >= 11 is 0. The molecule has 1 aromatic heterocycles. The van der Waals surface area contributed by atoms with Crippen molar-refractivity contribution < 1.29 is 19.5 Å². The molecule has 0 aliphatic heterocycles. The van der Waals surface area contributed by atoms with E-state index in [0.29, 0.717) is 16.8 Å². The Bertz CT molecular complexity index is 976. The number of benzene rings is 2. The number of hydrogen-bond acceptors (Lipinski definition) is 3. The first kappa shape index (κ1) is 17.4. The Kier molecular flexibility index (Phi) is 4.84. The van der Waals surface area contributed by atoms with Crippen LogP contribution in [0.4, 0.5) is 4.79 Å². The smallest absolute Gasteiger partial charge is 0.414 e. The highest BCUT2D eigenvalue weighted by Crippen LogP contribution is 2.23. The van der Waals surface area contributed by atoms with E-state index in [2.05, 4.69) is 0 Å². The van der Waals surface area contributed by atoms with Crippen molar-refractivity contribution in [3.63, 3.8) is 0 Å². The summed E-state index contributed by atoms with van der Waals surface area (Å²) in [6.07, 6.45) is 0.187. The molecule has 3 rings (SSSR count). The summed E-state index contributed by atoms with van der Waals surface area (Å²) in [5.74, 6) is -1.86. The molecular formula is C20H18N2O4. The second-order valence-electron chi connectivity index (χ2n) is 5.83. The van der Waals surface area contributed by atoms with Gasteiger partial charge in [0.2, 0.25) is 0 Å². The molecule has 0 aliphatic carbocycles. The molecule has 1 N–H and O–H groups in total. The van der Waals surface area contributed by atoms with Crippen LogP contribution in [-0.2, 0) is 11.3 Å². The number of hydrogen-bond donors (Lipinski definition) is 1. The van der Waals surface area contributed by atoms with Gasteiger partial charge in [-0.15, -0.1) is 0 Å². The third-order valence-corrected chi connectivity index (χ3v) is 4.22. The molecule has 0 radical (unpaired) electrons. The molecule has 26 heavy (non-hydrogen) atoms. The van der Waals surface area contributed by atoms with Crippen LogP contribution in [-0.4, -0.2) is 38.9 Å². The van der Waals surface area contributed by atoms with Gasteiger partial charge in [0.25, 0.3) is 5.78 Å². The lowest BCUT2D eigenvalue weighted by molar-refractivity contribution is -0.124. The minimum atomic E-state index is -1.43. The maximum atomic E-state index is 12.7. The van der Waals surface area contributed by atoms with Gasteiger partial charge in [-0.3, -0.25) is 9.59 Å². The van der Waals surface area contributed by atoms with E-state index in [-0.39, 0.29) is 12.1 Å². The molecule has 0 fully saturated rings. The summed E-state index contributed by atoms with van der Waals surface area (Å²) in [4.78, 5) is 36.7. The number of rotatable bonds is 5. The molecule has 0 bridgehead atoms. The zero-order valence-electron chi connectivity index (χ0n) is 14.3. The van der Waals surface area contributed by atoms with Crippen molar-refractivity contribution in [1.82, 2.24) is 9.47 Å². The van der Waals surface area contributed by atoms with E-state index in [1.165, 1.54) is 6.92 Å². The fourth-order valence-corrected chi connectivity index (χ4v) is 2.94. The van der Waals surface area contributed by atoms with Gasteiger partial charge in [0.05, 0.1) is 5.56 Å². The number of para-hydroxylation sites is 1. The quantitative estimate of drug-likeness (QED) is 0.565. The van der Waals surface area contributed by atoms with Crippen LogP contribution in [0.2, 0.25) is 0 Å². The van der Waals surface area contributed by atoms with Gasteiger partial charge in [-0.1, -0.05) is 48.5 Å². The van der Waals surface area contributed by atoms with Crippen LogP contribution in [0.1, 0.15) is 22.8 Å². The van der Waals surface area contributed by atoms with Crippen LogP contribution < -0.4 is 0 Å². The predicted octanol–water partition coefficient (Wildman–Crippen LogP) is 3.40. The van der Waals surface area contributed by atoms with Crippen LogP contribution in [0, 0.1) is 0 Å². The number of Topliss-reactive ketones (excluding diaryl/α,β-unsaturated/α-hetero) is 1. The molecule has 0 spiro atoms.